The molecule has 5 rings (SSSR count). The van der Waals surface area contributed by atoms with Gasteiger partial charge in [0.2, 0.25) is 0 Å². The van der Waals surface area contributed by atoms with Crippen molar-refractivity contribution in [2.24, 2.45) is 5.92 Å². The summed E-state index contributed by atoms with van der Waals surface area (Å²) in [6.45, 7) is 2.24. The highest BCUT2D eigenvalue weighted by Gasteiger charge is 2.34. The summed E-state index contributed by atoms with van der Waals surface area (Å²) >= 11 is 7.87. The molecular formula is C21H18ClN3O4S. The molecule has 3 heterocycles. The number of carbonyl (C=O) groups excluding carboxylic acids is 1. The minimum absolute atomic E-state index is 0.0699. The lowest BCUT2D eigenvalue weighted by Gasteiger charge is -2.25. The molecule has 0 radical (unpaired) electrons. The third kappa shape index (κ3) is 3.16. The van der Waals surface area contributed by atoms with Gasteiger partial charge in [-0.3, -0.25) is 14.9 Å². The van der Waals surface area contributed by atoms with Crippen LogP contribution < -0.4 is 10.6 Å². The Morgan fingerprint density at radius 2 is 2.10 bits per heavy atom. The first-order chi connectivity index (χ1) is 14.4. The van der Waals surface area contributed by atoms with Crippen molar-refractivity contribution in [2.75, 3.05) is 5.32 Å². The molecule has 2 N–H and O–H groups in total. The number of carbonyl (C=O) groups is 1. The summed E-state index contributed by atoms with van der Waals surface area (Å²) in [6.07, 6.45) is 2.51. The van der Waals surface area contributed by atoms with Gasteiger partial charge < -0.3 is 15.1 Å². The number of hydrogen-bond acceptors (Lipinski definition) is 6. The van der Waals surface area contributed by atoms with Crippen LogP contribution in [0.15, 0.2) is 34.7 Å². The van der Waals surface area contributed by atoms with E-state index < -0.39 is 11.1 Å². The predicted molar refractivity (Wildman–Crippen MR) is 115 cm³/mol. The molecule has 0 fully saturated rings. The molecule has 1 aliphatic heterocycles. The van der Waals surface area contributed by atoms with Crippen molar-refractivity contribution >= 4 is 39.5 Å². The van der Waals surface area contributed by atoms with Crippen LogP contribution >= 0.6 is 22.9 Å². The van der Waals surface area contributed by atoms with Gasteiger partial charge in [0.15, 0.2) is 6.17 Å². The van der Waals surface area contributed by atoms with Gasteiger partial charge in [-0.05, 0) is 48.9 Å². The number of nitro groups is 1. The normalized spacial score (nSPS) is 20.1. The third-order valence-electron chi connectivity index (χ3n) is 5.63. The summed E-state index contributed by atoms with van der Waals surface area (Å²) in [7, 11) is 0. The molecule has 0 saturated carbocycles. The number of benzene rings is 1. The van der Waals surface area contributed by atoms with E-state index in [1.54, 1.807) is 23.5 Å². The number of furan rings is 1. The Balaban J connectivity index is 1.45. The number of thiophene rings is 1. The van der Waals surface area contributed by atoms with E-state index in [2.05, 4.69) is 17.6 Å². The van der Waals surface area contributed by atoms with Crippen molar-refractivity contribution in [1.82, 2.24) is 5.32 Å². The first-order valence-electron chi connectivity index (χ1n) is 9.66. The molecule has 0 saturated heterocycles. The van der Waals surface area contributed by atoms with E-state index in [1.165, 1.54) is 28.6 Å². The highest BCUT2D eigenvalue weighted by Crippen LogP contribution is 2.43. The second-order valence-electron chi connectivity index (χ2n) is 7.73. The van der Waals surface area contributed by atoms with Crippen molar-refractivity contribution < 1.29 is 14.1 Å². The van der Waals surface area contributed by atoms with Crippen LogP contribution in [-0.2, 0) is 12.8 Å². The molecule has 1 amide bonds. The Morgan fingerprint density at radius 3 is 2.90 bits per heavy atom. The van der Waals surface area contributed by atoms with Gasteiger partial charge >= 0.3 is 0 Å². The van der Waals surface area contributed by atoms with E-state index in [9.17, 15) is 14.9 Å². The molecule has 0 bridgehead atoms. The lowest BCUT2D eigenvalue weighted by atomic mass is 9.88. The fourth-order valence-corrected chi connectivity index (χ4v) is 5.72. The van der Waals surface area contributed by atoms with Crippen LogP contribution in [0.3, 0.4) is 0 Å². The van der Waals surface area contributed by atoms with E-state index in [4.69, 9.17) is 16.0 Å². The molecule has 0 spiro atoms. The SMILES string of the molecule is C[C@H]1CCc2c(sc3c2C(=O)N[C@H](c2ccc(-c4cc([N+](=O)[O-])ccc4Cl)o2)N3)C1. The number of amides is 1. The fourth-order valence-electron chi connectivity index (χ4n) is 4.07. The summed E-state index contributed by atoms with van der Waals surface area (Å²) in [5.74, 6) is 1.43. The van der Waals surface area contributed by atoms with Crippen molar-refractivity contribution in [1.29, 1.82) is 0 Å². The molecule has 9 heteroatoms. The summed E-state index contributed by atoms with van der Waals surface area (Å²) in [4.78, 5) is 24.7. The van der Waals surface area contributed by atoms with Crippen molar-refractivity contribution in [3.63, 3.8) is 0 Å². The maximum Gasteiger partial charge on any atom is 0.270 e. The number of halogens is 1. The smallest absolute Gasteiger partial charge is 0.270 e. The van der Waals surface area contributed by atoms with Crippen LogP contribution in [0, 0.1) is 16.0 Å². The second kappa shape index (κ2) is 7.14. The van der Waals surface area contributed by atoms with Gasteiger partial charge in [-0.25, -0.2) is 0 Å². The minimum Gasteiger partial charge on any atom is -0.457 e. The topological polar surface area (TPSA) is 97.4 Å². The zero-order valence-electron chi connectivity index (χ0n) is 16.0. The first kappa shape index (κ1) is 19.1. The fraction of sp³-hybridized carbons (Fsp3) is 0.286. The Hall–Kier alpha value is -2.84. The van der Waals surface area contributed by atoms with Crippen LogP contribution in [0.4, 0.5) is 10.7 Å². The lowest BCUT2D eigenvalue weighted by molar-refractivity contribution is -0.384. The van der Waals surface area contributed by atoms with Crippen molar-refractivity contribution in [3.05, 3.63) is 67.2 Å². The monoisotopic (exact) mass is 443 g/mol. The number of anilines is 1. The number of nitrogens with one attached hydrogen (secondary N) is 2. The maximum atomic E-state index is 12.9. The number of nitrogens with zero attached hydrogens (tertiary/aromatic N) is 1. The number of rotatable bonds is 3. The van der Waals surface area contributed by atoms with Crippen molar-refractivity contribution in [2.45, 2.75) is 32.4 Å². The van der Waals surface area contributed by atoms with Crippen LogP contribution in [0.25, 0.3) is 11.3 Å². The summed E-state index contributed by atoms with van der Waals surface area (Å²) in [5, 5.41) is 18.6. The van der Waals surface area contributed by atoms with E-state index in [0.717, 1.165) is 29.8 Å². The molecule has 3 aromatic rings. The van der Waals surface area contributed by atoms with Gasteiger partial charge in [-0.1, -0.05) is 18.5 Å². The molecular weight excluding hydrogens is 426 g/mol. The Kier molecular flexibility index (Phi) is 4.56. The maximum absolute atomic E-state index is 12.9. The van der Waals surface area contributed by atoms with Crippen LogP contribution in [0.2, 0.25) is 5.02 Å². The van der Waals surface area contributed by atoms with Crippen LogP contribution in [0.5, 0.6) is 0 Å². The summed E-state index contributed by atoms with van der Waals surface area (Å²) in [5.41, 5.74) is 2.28. The van der Waals surface area contributed by atoms with Crippen LogP contribution in [0.1, 0.15) is 46.1 Å². The van der Waals surface area contributed by atoms with Gasteiger partial charge in [0.25, 0.3) is 11.6 Å². The molecule has 30 heavy (non-hydrogen) atoms. The van der Waals surface area contributed by atoms with Gasteiger partial charge in [0, 0.05) is 22.6 Å². The van der Waals surface area contributed by atoms with Gasteiger partial charge in [0.05, 0.1) is 15.5 Å². The minimum atomic E-state index is -0.520. The predicted octanol–water partition coefficient (Wildman–Crippen LogP) is 5.55. The van der Waals surface area contributed by atoms with E-state index in [0.29, 0.717) is 28.0 Å². The van der Waals surface area contributed by atoms with Gasteiger partial charge in [-0.15, -0.1) is 11.3 Å². The van der Waals surface area contributed by atoms with Crippen molar-refractivity contribution in [3.8, 4) is 11.3 Å². The molecule has 2 aliphatic rings. The average molecular weight is 444 g/mol. The molecule has 154 valence electrons. The highest BCUT2D eigenvalue weighted by atomic mass is 35.5. The molecule has 7 nitrogen and oxygen atoms in total. The quantitative estimate of drug-likeness (QED) is 0.408. The number of nitro benzene ring substituents is 1. The summed E-state index contributed by atoms with van der Waals surface area (Å²) in [6, 6.07) is 7.64. The number of hydrogen-bond donors (Lipinski definition) is 2. The standard InChI is InChI=1S/C21H18ClN3O4S/c1-10-2-4-12-17(8-10)30-21-18(12)20(26)23-19(24-21)16-7-6-15(29-16)13-9-11(25(27)28)3-5-14(13)22/h3,5-7,9-10,19,24H,2,4,8H2,1H3,(H,23,26)/t10-,19-/m0/s1. The lowest BCUT2D eigenvalue weighted by Crippen LogP contribution is -2.38. The molecule has 2 atom stereocenters. The number of non-ortho nitro benzene ring substituents is 1. The second-order valence-corrected chi connectivity index (χ2v) is 9.24. The third-order valence-corrected chi connectivity index (χ3v) is 7.14. The zero-order chi connectivity index (χ0) is 21.0. The van der Waals surface area contributed by atoms with E-state index in [-0.39, 0.29) is 11.6 Å². The Bertz CT molecular complexity index is 1190. The van der Waals surface area contributed by atoms with Gasteiger partial charge in [0.1, 0.15) is 16.5 Å². The van der Waals surface area contributed by atoms with E-state index >= 15 is 0 Å². The number of fused-ring (bicyclic) bond motifs is 3. The first-order valence-corrected chi connectivity index (χ1v) is 10.9. The highest BCUT2D eigenvalue weighted by molar-refractivity contribution is 7.16. The van der Waals surface area contributed by atoms with E-state index in [1.807, 2.05) is 0 Å². The molecule has 1 aliphatic carbocycles. The molecule has 0 unspecified atom stereocenters. The zero-order valence-corrected chi connectivity index (χ0v) is 17.6. The van der Waals surface area contributed by atoms with Crippen LogP contribution in [-0.4, -0.2) is 10.8 Å². The van der Waals surface area contributed by atoms with Gasteiger partial charge in [-0.2, -0.15) is 0 Å². The Morgan fingerprint density at radius 1 is 1.27 bits per heavy atom. The largest absolute Gasteiger partial charge is 0.457 e. The Labute approximate surface area is 181 Å². The molecule has 1 aromatic carbocycles. The average Bonchev–Trinajstić information content (AvgIpc) is 3.32. The molecule has 2 aromatic heterocycles. The summed E-state index contributed by atoms with van der Waals surface area (Å²) < 4.78 is 5.93.